The highest BCUT2D eigenvalue weighted by atomic mass is 19.1. The van der Waals surface area contributed by atoms with Gasteiger partial charge in [0.15, 0.2) is 0 Å². The van der Waals surface area contributed by atoms with Crippen molar-refractivity contribution in [3.8, 4) is 5.75 Å². The molecule has 2 atom stereocenters. The topological polar surface area (TPSA) is 21.3 Å². The molecule has 0 saturated carbocycles. The second-order valence-corrected chi connectivity index (χ2v) is 5.14. The van der Waals surface area contributed by atoms with E-state index < -0.39 is 0 Å². The summed E-state index contributed by atoms with van der Waals surface area (Å²) in [7, 11) is 0. The molecule has 0 aliphatic heterocycles. The minimum absolute atomic E-state index is 0.0584. The highest BCUT2D eigenvalue weighted by Crippen LogP contribution is 2.23. The number of ether oxygens (including phenoxy) is 1. The van der Waals surface area contributed by atoms with E-state index >= 15 is 0 Å². The van der Waals surface area contributed by atoms with E-state index in [2.05, 4.69) is 12.2 Å². The molecule has 0 bridgehead atoms. The van der Waals surface area contributed by atoms with Gasteiger partial charge in [0.25, 0.3) is 0 Å². The van der Waals surface area contributed by atoms with Crippen LogP contribution in [-0.4, -0.2) is 6.61 Å². The quantitative estimate of drug-likeness (QED) is 0.836. The van der Waals surface area contributed by atoms with E-state index in [1.165, 1.54) is 6.07 Å². The summed E-state index contributed by atoms with van der Waals surface area (Å²) < 4.78 is 19.3. The molecule has 0 spiro atoms. The fourth-order valence-corrected chi connectivity index (χ4v) is 2.43. The van der Waals surface area contributed by atoms with Crippen molar-refractivity contribution in [2.24, 2.45) is 0 Å². The Balaban J connectivity index is 2.09. The zero-order valence-electron chi connectivity index (χ0n) is 12.8. The summed E-state index contributed by atoms with van der Waals surface area (Å²) in [6.45, 7) is 6.66. The van der Waals surface area contributed by atoms with Gasteiger partial charge in [0.2, 0.25) is 0 Å². The summed E-state index contributed by atoms with van der Waals surface area (Å²) in [6, 6.07) is 14.9. The van der Waals surface area contributed by atoms with E-state index in [0.717, 1.165) is 11.3 Å². The van der Waals surface area contributed by atoms with Gasteiger partial charge < -0.3 is 10.1 Å². The summed E-state index contributed by atoms with van der Waals surface area (Å²) >= 11 is 0. The average Bonchev–Trinajstić information content (AvgIpc) is 2.48. The number of rotatable bonds is 6. The van der Waals surface area contributed by atoms with Crippen LogP contribution < -0.4 is 10.1 Å². The Morgan fingerprint density at radius 3 is 2.52 bits per heavy atom. The standard InChI is InChI=1S/C18H22FNO/c1-4-21-16-9-7-8-15(12-16)13(2)20-14(3)17-10-5-6-11-18(17)19/h5-14,20H,4H2,1-3H3. The number of halogens is 1. The van der Waals surface area contributed by atoms with Crippen molar-refractivity contribution in [1.82, 2.24) is 5.32 Å². The third kappa shape index (κ3) is 4.05. The summed E-state index contributed by atoms with van der Waals surface area (Å²) in [5, 5.41) is 3.43. The molecule has 1 N–H and O–H groups in total. The predicted octanol–water partition coefficient (Wildman–Crippen LogP) is 4.64. The van der Waals surface area contributed by atoms with Crippen LogP contribution in [0.4, 0.5) is 4.39 Å². The summed E-state index contributed by atoms with van der Waals surface area (Å²) in [5.41, 5.74) is 1.81. The Labute approximate surface area is 126 Å². The first kappa shape index (κ1) is 15.5. The first-order chi connectivity index (χ1) is 10.1. The molecule has 0 aromatic heterocycles. The van der Waals surface area contributed by atoms with Crippen molar-refractivity contribution in [3.05, 3.63) is 65.5 Å². The summed E-state index contributed by atoms with van der Waals surface area (Å²) in [6.07, 6.45) is 0. The Morgan fingerprint density at radius 1 is 1.05 bits per heavy atom. The molecule has 0 aliphatic carbocycles. The van der Waals surface area contributed by atoms with Crippen LogP contribution in [0.5, 0.6) is 5.75 Å². The van der Waals surface area contributed by atoms with E-state index in [0.29, 0.717) is 12.2 Å². The van der Waals surface area contributed by atoms with Gasteiger partial charge in [0.05, 0.1) is 6.61 Å². The maximum Gasteiger partial charge on any atom is 0.127 e. The minimum atomic E-state index is -0.173. The fourth-order valence-electron chi connectivity index (χ4n) is 2.43. The molecule has 0 radical (unpaired) electrons. The normalized spacial score (nSPS) is 13.7. The first-order valence-electron chi connectivity index (χ1n) is 7.35. The Kier molecular flexibility index (Phi) is 5.34. The van der Waals surface area contributed by atoms with E-state index in [-0.39, 0.29) is 17.9 Å². The van der Waals surface area contributed by atoms with Crippen molar-refractivity contribution in [2.75, 3.05) is 6.61 Å². The Bertz CT molecular complexity index is 585. The van der Waals surface area contributed by atoms with Crippen LogP contribution in [0, 0.1) is 5.82 Å². The molecule has 3 heteroatoms. The molecule has 0 heterocycles. The lowest BCUT2D eigenvalue weighted by atomic mass is 10.0. The van der Waals surface area contributed by atoms with Gasteiger partial charge in [0.1, 0.15) is 11.6 Å². The van der Waals surface area contributed by atoms with E-state index in [1.54, 1.807) is 6.07 Å². The monoisotopic (exact) mass is 287 g/mol. The maximum absolute atomic E-state index is 13.8. The Hall–Kier alpha value is -1.87. The zero-order valence-corrected chi connectivity index (χ0v) is 12.8. The lowest BCUT2D eigenvalue weighted by Gasteiger charge is -2.21. The van der Waals surface area contributed by atoms with Gasteiger partial charge in [-0.05, 0) is 44.5 Å². The van der Waals surface area contributed by atoms with E-state index in [4.69, 9.17) is 4.74 Å². The molecule has 2 nitrogen and oxygen atoms in total. The molecular formula is C18H22FNO. The van der Waals surface area contributed by atoms with Crippen molar-refractivity contribution in [2.45, 2.75) is 32.9 Å². The molecule has 0 amide bonds. The van der Waals surface area contributed by atoms with Gasteiger partial charge in [-0.15, -0.1) is 0 Å². The Morgan fingerprint density at radius 2 is 1.81 bits per heavy atom. The third-order valence-corrected chi connectivity index (χ3v) is 3.54. The molecule has 21 heavy (non-hydrogen) atoms. The van der Waals surface area contributed by atoms with Crippen molar-refractivity contribution in [1.29, 1.82) is 0 Å². The highest BCUT2D eigenvalue weighted by molar-refractivity contribution is 5.31. The van der Waals surface area contributed by atoms with Gasteiger partial charge >= 0.3 is 0 Å². The van der Waals surface area contributed by atoms with Crippen LogP contribution >= 0.6 is 0 Å². The third-order valence-electron chi connectivity index (χ3n) is 3.54. The van der Waals surface area contributed by atoms with Crippen LogP contribution in [0.15, 0.2) is 48.5 Å². The summed E-state index contributed by atoms with van der Waals surface area (Å²) in [4.78, 5) is 0. The maximum atomic E-state index is 13.8. The van der Waals surface area contributed by atoms with Crippen LogP contribution in [0.3, 0.4) is 0 Å². The van der Waals surface area contributed by atoms with Gasteiger partial charge in [-0.2, -0.15) is 0 Å². The lowest BCUT2D eigenvalue weighted by Crippen LogP contribution is -2.23. The van der Waals surface area contributed by atoms with E-state index in [1.807, 2.05) is 50.2 Å². The molecule has 2 aromatic carbocycles. The van der Waals surface area contributed by atoms with Gasteiger partial charge in [-0.3, -0.25) is 0 Å². The molecule has 0 saturated heterocycles. The van der Waals surface area contributed by atoms with Crippen LogP contribution in [0.1, 0.15) is 44.0 Å². The smallest absolute Gasteiger partial charge is 0.127 e. The second kappa shape index (κ2) is 7.23. The van der Waals surface area contributed by atoms with Crippen LogP contribution in [0.2, 0.25) is 0 Å². The van der Waals surface area contributed by atoms with Crippen molar-refractivity contribution in [3.63, 3.8) is 0 Å². The van der Waals surface area contributed by atoms with Gasteiger partial charge in [-0.25, -0.2) is 4.39 Å². The van der Waals surface area contributed by atoms with E-state index in [9.17, 15) is 4.39 Å². The molecule has 0 aliphatic rings. The van der Waals surface area contributed by atoms with Crippen molar-refractivity contribution < 1.29 is 9.13 Å². The first-order valence-corrected chi connectivity index (χ1v) is 7.35. The van der Waals surface area contributed by atoms with Crippen molar-refractivity contribution >= 4 is 0 Å². The number of hydrogen-bond donors (Lipinski definition) is 1. The van der Waals surface area contributed by atoms with Gasteiger partial charge in [0, 0.05) is 17.6 Å². The second-order valence-electron chi connectivity index (χ2n) is 5.14. The molecular weight excluding hydrogens is 265 g/mol. The number of hydrogen-bond acceptors (Lipinski definition) is 2. The van der Waals surface area contributed by atoms with Crippen LogP contribution in [0.25, 0.3) is 0 Å². The SMILES string of the molecule is CCOc1cccc(C(C)NC(C)c2ccccc2F)c1. The largest absolute Gasteiger partial charge is 0.494 e. The predicted molar refractivity (Wildman–Crippen MR) is 84.0 cm³/mol. The zero-order chi connectivity index (χ0) is 15.2. The molecule has 0 fully saturated rings. The highest BCUT2D eigenvalue weighted by Gasteiger charge is 2.14. The lowest BCUT2D eigenvalue weighted by molar-refractivity contribution is 0.339. The molecule has 2 aromatic rings. The van der Waals surface area contributed by atoms with Gasteiger partial charge in [-0.1, -0.05) is 30.3 Å². The molecule has 2 rings (SSSR count). The minimum Gasteiger partial charge on any atom is -0.494 e. The van der Waals surface area contributed by atoms with Crippen LogP contribution in [-0.2, 0) is 0 Å². The number of benzene rings is 2. The molecule has 2 unspecified atom stereocenters. The average molecular weight is 287 g/mol. The summed E-state index contributed by atoms with van der Waals surface area (Å²) in [5.74, 6) is 0.690. The number of nitrogens with one attached hydrogen (secondary N) is 1. The molecule has 112 valence electrons. The fraction of sp³-hybridized carbons (Fsp3) is 0.333.